The van der Waals surface area contributed by atoms with Gasteiger partial charge in [0.2, 0.25) is 0 Å². The Labute approximate surface area is 159 Å². The summed E-state index contributed by atoms with van der Waals surface area (Å²) in [6.07, 6.45) is 0.819. The summed E-state index contributed by atoms with van der Waals surface area (Å²) >= 11 is 12.2. The number of carboxylic acids is 1. The number of aromatic nitrogens is 1. The summed E-state index contributed by atoms with van der Waals surface area (Å²) in [5.74, 6) is -0.572. The maximum Gasteiger partial charge on any atom is 0.336 e. The molecule has 0 atom stereocenters. The molecule has 0 fully saturated rings. The van der Waals surface area contributed by atoms with Crippen molar-refractivity contribution >= 4 is 51.0 Å². The predicted molar refractivity (Wildman–Crippen MR) is 103 cm³/mol. The number of pyridine rings is 1. The first-order valence-corrected chi connectivity index (χ1v) is 8.78. The number of fused-ring (bicyclic) bond motifs is 2. The molecular weight excluding hydrogens is 373 g/mol. The van der Waals surface area contributed by atoms with Gasteiger partial charge in [-0.3, -0.25) is 0 Å². The van der Waals surface area contributed by atoms with E-state index in [-0.39, 0.29) is 5.56 Å². The first-order chi connectivity index (χ1) is 12.5. The molecule has 2 aromatic heterocycles. The van der Waals surface area contributed by atoms with Crippen LogP contribution < -0.4 is 0 Å². The fourth-order valence-corrected chi connectivity index (χ4v) is 3.55. The highest BCUT2D eigenvalue weighted by atomic mass is 35.5. The van der Waals surface area contributed by atoms with Crippen LogP contribution >= 0.6 is 23.2 Å². The van der Waals surface area contributed by atoms with Gasteiger partial charge in [-0.15, -0.1) is 0 Å². The lowest BCUT2D eigenvalue weighted by atomic mass is 10.0. The van der Waals surface area contributed by atoms with Crippen LogP contribution in [0.15, 0.2) is 46.9 Å². The topological polar surface area (TPSA) is 63.3 Å². The van der Waals surface area contributed by atoms with Crippen molar-refractivity contribution in [2.45, 2.75) is 13.3 Å². The monoisotopic (exact) mass is 385 g/mol. The SMILES string of the molecule is CCc1ccc2nc(-c3cc4cc(Cl)cc(Cl)c4o3)cc(C(=O)O)c2c1. The Bertz CT molecular complexity index is 1180. The van der Waals surface area contributed by atoms with Gasteiger partial charge in [0.25, 0.3) is 0 Å². The summed E-state index contributed by atoms with van der Waals surface area (Å²) in [6.45, 7) is 2.02. The highest BCUT2D eigenvalue weighted by Crippen LogP contribution is 2.35. The van der Waals surface area contributed by atoms with E-state index in [2.05, 4.69) is 4.98 Å². The summed E-state index contributed by atoms with van der Waals surface area (Å²) in [4.78, 5) is 16.4. The molecule has 0 radical (unpaired) electrons. The average molecular weight is 386 g/mol. The predicted octanol–water partition coefficient (Wildman–Crippen LogP) is 6.22. The van der Waals surface area contributed by atoms with E-state index in [1.54, 1.807) is 18.2 Å². The number of carboxylic acid groups (broad SMARTS) is 1. The van der Waals surface area contributed by atoms with Gasteiger partial charge in [0.15, 0.2) is 11.3 Å². The van der Waals surface area contributed by atoms with Gasteiger partial charge in [-0.25, -0.2) is 9.78 Å². The smallest absolute Gasteiger partial charge is 0.336 e. The quantitative estimate of drug-likeness (QED) is 0.454. The molecule has 0 aliphatic rings. The zero-order valence-electron chi connectivity index (χ0n) is 13.7. The van der Waals surface area contributed by atoms with Crippen molar-refractivity contribution in [3.05, 3.63) is 63.6 Å². The van der Waals surface area contributed by atoms with E-state index in [1.807, 2.05) is 25.1 Å². The fourth-order valence-electron chi connectivity index (χ4n) is 3.00. The van der Waals surface area contributed by atoms with Gasteiger partial charge in [-0.2, -0.15) is 0 Å². The number of furan rings is 1. The van der Waals surface area contributed by atoms with Gasteiger partial charge >= 0.3 is 5.97 Å². The van der Waals surface area contributed by atoms with Crippen LogP contribution in [0.3, 0.4) is 0 Å². The first-order valence-electron chi connectivity index (χ1n) is 8.02. The van der Waals surface area contributed by atoms with Crippen molar-refractivity contribution in [3.63, 3.8) is 0 Å². The Morgan fingerprint density at radius 1 is 1.15 bits per heavy atom. The molecule has 6 heteroatoms. The largest absolute Gasteiger partial charge is 0.478 e. The molecular formula is C20H13Cl2NO3. The van der Waals surface area contributed by atoms with Crippen LogP contribution in [-0.2, 0) is 6.42 Å². The third-order valence-electron chi connectivity index (χ3n) is 4.30. The molecule has 0 bridgehead atoms. The van der Waals surface area contributed by atoms with E-state index in [4.69, 9.17) is 27.6 Å². The Hall–Kier alpha value is -2.56. The van der Waals surface area contributed by atoms with Gasteiger partial charge in [0.05, 0.1) is 16.1 Å². The second-order valence-corrected chi connectivity index (χ2v) is 6.83. The average Bonchev–Trinajstić information content (AvgIpc) is 3.04. The van der Waals surface area contributed by atoms with Crippen molar-refractivity contribution in [1.29, 1.82) is 0 Å². The number of benzene rings is 2. The number of hydrogen-bond donors (Lipinski definition) is 1. The summed E-state index contributed by atoms with van der Waals surface area (Å²) in [6, 6.07) is 12.3. The second kappa shape index (κ2) is 6.31. The van der Waals surface area contributed by atoms with Crippen LogP contribution in [0.1, 0.15) is 22.8 Å². The number of rotatable bonds is 3. The molecule has 0 unspecified atom stereocenters. The molecule has 0 spiro atoms. The normalized spacial score (nSPS) is 11.3. The standard InChI is InChI=1S/C20H13Cl2NO3/c1-2-10-3-4-16-13(5-10)14(20(24)25)9-17(23-16)18-7-11-6-12(21)8-15(22)19(11)26-18/h3-9H,2H2,1H3,(H,24,25). The van der Waals surface area contributed by atoms with E-state index >= 15 is 0 Å². The van der Waals surface area contributed by atoms with Gasteiger partial charge in [0.1, 0.15) is 5.69 Å². The fraction of sp³-hybridized carbons (Fsp3) is 0.100. The van der Waals surface area contributed by atoms with Crippen LogP contribution in [0, 0.1) is 0 Å². The lowest BCUT2D eigenvalue weighted by Gasteiger charge is -2.07. The van der Waals surface area contributed by atoms with E-state index in [0.29, 0.717) is 38.0 Å². The Balaban J connectivity index is 1.97. The summed E-state index contributed by atoms with van der Waals surface area (Å²) in [5, 5.41) is 11.9. The molecule has 1 N–H and O–H groups in total. The lowest BCUT2D eigenvalue weighted by molar-refractivity contribution is 0.0699. The third-order valence-corrected chi connectivity index (χ3v) is 4.80. The van der Waals surface area contributed by atoms with E-state index < -0.39 is 5.97 Å². The molecule has 4 rings (SSSR count). The molecule has 4 aromatic rings. The van der Waals surface area contributed by atoms with E-state index in [1.165, 1.54) is 6.07 Å². The minimum Gasteiger partial charge on any atom is -0.478 e. The Morgan fingerprint density at radius 2 is 1.96 bits per heavy atom. The van der Waals surface area contributed by atoms with Crippen molar-refractivity contribution in [2.75, 3.05) is 0 Å². The number of hydrogen-bond acceptors (Lipinski definition) is 3. The van der Waals surface area contributed by atoms with Crippen molar-refractivity contribution in [2.24, 2.45) is 0 Å². The molecule has 0 amide bonds. The first kappa shape index (κ1) is 16.9. The molecule has 26 heavy (non-hydrogen) atoms. The van der Waals surface area contributed by atoms with Gasteiger partial charge in [-0.05, 0) is 48.4 Å². The molecule has 4 nitrogen and oxygen atoms in total. The number of aromatic carboxylic acids is 1. The minimum absolute atomic E-state index is 0.185. The lowest BCUT2D eigenvalue weighted by Crippen LogP contribution is -2.00. The Kier molecular flexibility index (Phi) is 4.10. The second-order valence-electron chi connectivity index (χ2n) is 5.98. The molecule has 0 saturated carbocycles. The molecule has 2 heterocycles. The van der Waals surface area contributed by atoms with E-state index in [0.717, 1.165) is 17.4 Å². The van der Waals surface area contributed by atoms with Crippen LogP contribution in [0.4, 0.5) is 0 Å². The summed E-state index contributed by atoms with van der Waals surface area (Å²) in [7, 11) is 0. The Morgan fingerprint density at radius 3 is 2.69 bits per heavy atom. The molecule has 2 aromatic carbocycles. The van der Waals surface area contributed by atoms with Crippen molar-refractivity contribution in [1.82, 2.24) is 4.98 Å². The highest BCUT2D eigenvalue weighted by Gasteiger charge is 2.17. The van der Waals surface area contributed by atoms with Crippen LogP contribution in [0.2, 0.25) is 10.0 Å². The minimum atomic E-state index is -1.01. The third kappa shape index (κ3) is 2.81. The van der Waals surface area contributed by atoms with Crippen LogP contribution in [0.25, 0.3) is 33.3 Å². The zero-order valence-corrected chi connectivity index (χ0v) is 15.2. The molecule has 130 valence electrons. The highest BCUT2D eigenvalue weighted by molar-refractivity contribution is 6.38. The summed E-state index contributed by atoms with van der Waals surface area (Å²) < 4.78 is 5.82. The molecule has 0 saturated heterocycles. The molecule has 0 aliphatic carbocycles. The van der Waals surface area contributed by atoms with E-state index in [9.17, 15) is 9.90 Å². The number of aryl methyl sites for hydroxylation is 1. The maximum absolute atomic E-state index is 11.8. The van der Waals surface area contributed by atoms with Crippen LogP contribution in [0.5, 0.6) is 0 Å². The van der Waals surface area contributed by atoms with Gasteiger partial charge < -0.3 is 9.52 Å². The summed E-state index contributed by atoms with van der Waals surface area (Å²) in [5.41, 5.74) is 2.76. The van der Waals surface area contributed by atoms with Gasteiger partial charge in [0, 0.05) is 15.8 Å². The number of nitrogens with zero attached hydrogens (tertiary/aromatic N) is 1. The van der Waals surface area contributed by atoms with Gasteiger partial charge in [-0.1, -0.05) is 36.2 Å². The number of halogens is 2. The van der Waals surface area contributed by atoms with Crippen molar-refractivity contribution < 1.29 is 14.3 Å². The zero-order chi connectivity index (χ0) is 18.4. The van der Waals surface area contributed by atoms with Crippen molar-refractivity contribution in [3.8, 4) is 11.5 Å². The van der Waals surface area contributed by atoms with Crippen LogP contribution in [-0.4, -0.2) is 16.1 Å². The maximum atomic E-state index is 11.8. The number of carbonyl (C=O) groups is 1. The molecule has 0 aliphatic heterocycles.